The van der Waals surface area contributed by atoms with Crippen LogP contribution in [0.2, 0.25) is 0 Å². The lowest BCUT2D eigenvalue weighted by Crippen LogP contribution is -2.13. The summed E-state index contributed by atoms with van der Waals surface area (Å²) in [5.41, 5.74) is -1.01. The molecule has 110 valence electrons. The van der Waals surface area contributed by atoms with E-state index in [-0.39, 0.29) is 39.3 Å². The number of hydrogen-bond donors (Lipinski definition) is 4. The second-order valence-electron chi connectivity index (χ2n) is 5.13. The molecular formula is C15H8O7. The van der Waals surface area contributed by atoms with Crippen LogP contribution in [0.4, 0.5) is 0 Å². The lowest BCUT2D eigenvalue weighted by Gasteiger charge is -2.19. The topological polar surface area (TPSA) is 128 Å². The summed E-state index contributed by atoms with van der Waals surface area (Å²) in [6.07, 6.45) is -0.244. The second kappa shape index (κ2) is 3.70. The normalized spacial score (nSPS) is 13.4. The number of carbonyl (C=O) groups is 1. The molecule has 7 nitrogen and oxygen atoms in total. The first-order valence-corrected chi connectivity index (χ1v) is 6.32. The fourth-order valence-corrected chi connectivity index (χ4v) is 2.94. The molecule has 4 rings (SSSR count). The second-order valence-corrected chi connectivity index (χ2v) is 5.13. The molecule has 0 unspecified atom stereocenters. The number of carbonyl (C=O) groups excluding carboxylic acids is 1. The van der Waals surface area contributed by atoms with Crippen molar-refractivity contribution in [2.45, 2.75) is 6.42 Å². The maximum Gasteiger partial charge on any atom is 0.344 e. The molecule has 22 heavy (non-hydrogen) atoms. The molecule has 3 aromatic rings. The zero-order chi connectivity index (χ0) is 15.8. The van der Waals surface area contributed by atoms with Gasteiger partial charge in [-0.2, -0.15) is 0 Å². The van der Waals surface area contributed by atoms with E-state index in [9.17, 15) is 30.0 Å². The number of aromatic hydroxyl groups is 4. The van der Waals surface area contributed by atoms with E-state index >= 15 is 0 Å². The number of ketones is 1. The van der Waals surface area contributed by atoms with E-state index in [1.165, 1.54) is 0 Å². The lowest BCUT2D eigenvalue weighted by atomic mass is 9.86. The van der Waals surface area contributed by atoms with Gasteiger partial charge in [0.25, 0.3) is 0 Å². The summed E-state index contributed by atoms with van der Waals surface area (Å²) in [4.78, 5) is 24.3. The van der Waals surface area contributed by atoms with Crippen molar-refractivity contribution in [1.82, 2.24) is 0 Å². The Morgan fingerprint density at radius 2 is 1.59 bits per heavy atom. The minimum absolute atomic E-state index is 0.0170. The molecule has 0 spiro atoms. The van der Waals surface area contributed by atoms with Gasteiger partial charge in [0.1, 0.15) is 0 Å². The predicted octanol–water partition coefficient (Wildman–Crippen LogP) is 1.51. The van der Waals surface area contributed by atoms with Gasteiger partial charge in [-0.05, 0) is 12.1 Å². The fraction of sp³-hybridized carbons (Fsp3) is 0.0667. The van der Waals surface area contributed by atoms with E-state index in [0.29, 0.717) is 0 Å². The van der Waals surface area contributed by atoms with Crippen LogP contribution in [0, 0.1) is 0 Å². The minimum Gasteiger partial charge on any atom is -0.504 e. The third-order valence-corrected chi connectivity index (χ3v) is 3.92. The van der Waals surface area contributed by atoms with Crippen LogP contribution in [-0.2, 0) is 6.42 Å². The number of phenolic OH excluding ortho intramolecular Hbond substituents is 4. The van der Waals surface area contributed by atoms with Gasteiger partial charge in [-0.3, -0.25) is 4.79 Å². The number of hydrogen-bond acceptors (Lipinski definition) is 7. The summed E-state index contributed by atoms with van der Waals surface area (Å²) < 4.78 is 4.99. The van der Waals surface area contributed by atoms with Gasteiger partial charge < -0.3 is 24.8 Å². The van der Waals surface area contributed by atoms with Gasteiger partial charge in [0, 0.05) is 28.3 Å². The zero-order valence-electron chi connectivity index (χ0n) is 10.9. The minimum atomic E-state index is -0.861. The average molecular weight is 300 g/mol. The quantitative estimate of drug-likeness (QED) is 0.281. The van der Waals surface area contributed by atoms with E-state index in [1.807, 2.05) is 0 Å². The molecule has 0 fully saturated rings. The molecule has 2 aromatic carbocycles. The first-order valence-electron chi connectivity index (χ1n) is 6.32. The number of rotatable bonds is 0. The first kappa shape index (κ1) is 12.5. The van der Waals surface area contributed by atoms with Crippen molar-refractivity contribution in [3.05, 3.63) is 33.7 Å². The maximum atomic E-state index is 12.2. The highest BCUT2D eigenvalue weighted by Crippen LogP contribution is 2.46. The molecule has 0 aliphatic heterocycles. The van der Waals surface area contributed by atoms with Gasteiger partial charge in [0.15, 0.2) is 28.6 Å². The number of phenols is 4. The summed E-state index contributed by atoms with van der Waals surface area (Å²) in [6.45, 7) is 0. The highest BCUT2D eigenvalue weighted by Gasteiger charge is 2.30. The number of benzene rings is 2. The third kappa shape index (κ3) is 1.30. The average Bonchev–Trinajstić information content (AvgIpc) is 2.47. The van der Waals surface area contributed by atoms with Crippen LogP contribution in [0.5, 0.6) is 23.0 Å². The van der Waals surface area contributed by atoms with Crippen LogP contribution in [0.25, 0.3) is 21.7 Å². The molecule has 0 saturated carbocycles. The molecule has 0 saturated heterocycles. The summed E-state index contributed by atoms with van der Waals surface area (Å²) in [5.74, 6) is -2.71. The van der Waals surface area contributed by atoms with Crippen LogP contribution in [0.1, 0.15) is 15.9 Å². The predicted molar refractivity (Wildman–Crippen MR) is 74.7 cm³/mol. The van der Waals surface area contributed by atoms with Crippen molar-refractivity contribution in [3.63, 3.8) is 0 Å². The lowest BCUT2D eigenvalue weighted by molar-refractivity contribution is 0.0992. The molecule has 0 atom stereocenters. The summed E-state index contributed by atoms with van der Waals surface area (Å²) in [5, 5.41) is 39.6. The van der Waals surface area contributed by atoms with E-state index < -0.39 is 34.4 Å². The van der Waals surface area contributed by atoms with Gasteiger partial charge in [-0.1, -0.05) is 0 Å². The summed E-state index contributed by atoms with van der Waals surface area (Å²) in [6, 6.07) is 2.13. The monoisotopic (exact) mass is 300 g/mol. The van der Waals surface area contributed by atoms with Crippen LogP contribution >= 0.6 is 0 Å². The molecule has 4 N–H and O–H groups in total. The molecule has 0 bridgehead atoms. The molecular weight excluding hydrogens is 292 g/mol. The largest absolute Gasteiger partial charge is 0.504 e. The van der Waals surface area contributed by atoms with Crippen LogP contribution < -0.4 is 5.63 Å². The highest BCUT2D eigenvalue weighted by atomic mass is 16.4. The van der Waals surface area contributed by atoms with Crippen molar-refractivity contribution in [2.24, 2.45) is 0 Å². The van der Waals surface area contributed by atoms with E-state index in [1.54, 1.807) is 0 Å². The number of Topliss-reactive ketones (excluding diaryl/α,β-unsaturated/α-hetero) is 1. The Balaban J connectivity index is 2.45. The molecule has 0 amide bonds. The smallest absolute Gasteiger partial charge is 0.344 e. The fourth-order valence-electron chi connectivity index (χ4n) is 2.94. The van der Waals surface area contributed by atoms with E-state index in [4.69, 9.17) is 4.42 Å². The zero-order valence-corrected chi connectivity index (χ0v) is 10.9. The Kier molecular flexibility index (Phi) is 2.11. The molecule has 0 radical (unpaired) electrons. The van der Waals surface area contributed by atoms with Crippen molar-refractivity contribution >= 4 is 27.5 Å². The van der Waals surface area contributed by atoms with Gasteiger partial charge in [-0.25, -0.2) is 4.79 Å². The van der Waals surface area contributed by atoms with E-state index in [2.05, 4.69) is 0 Å². The Morgan fingerprint density at radius 1 is 0.909 bits per heavy atom. The molecule has 1 heterocycles. The standard InChI is InChI=1S/C15H8O7/c16-7-2-5-10-6(3-8(17)12(5)19)15(21)22-14-11(10)4(7)1-9(18)13(14)20/h1,3,17-20H,2H2. The van der Waals surface area contributed by atoms with Crippen LogP contribution in [-0.4, -0.2) is 26.2 Å². The third-order valence-electron chi connectivity index (χ3n) is 3.92. The van der Waals surface area contributed by atoms with Crippen LogP contribution in [0.3, 0.4) is 0 Å². The van der Waals surface area contributed by atoms with Crippen molar-refractivity contribution in [1.29, 1.82) is 0 Å². The van der Waals surface area contributed by atoms with Crippen molar-refractivity contribution in [2.75, 3.05) is 0 Å². The Bertz CT molecular complexity index is 1080. The summed E-state index contributed by atoms with van der Waals surface area (Å²) >= 11 is 0. The maximum absolute atomic E-state index is 12.2. The Morgan fingerprint density at radius 3 is 2.32 bits per heavy atom. The molecule has 1 aromatic heterocycles. The molecule has 7 heteroatoms. The van der Waals surface area contributed by atoms with Gasteiger partial charge in [0.05, 0.1) is 5.39 Å². The van der Waals surface area contributed by atoms with Gasteiger partial charge in [-0.15, -0.1) is 0 Å². The van der Waals surface area contributed by atoms with Gasteiger partial charge >= 0.3 is 5.63 Å². The molecule has 1 aliphatic carbocycles. The Labute approximate surface area is 121 Å². The van der Waals surface area contributed by atoms with E-state index in [0.717, 1.165) is 12.1 Å². The van der Waals surface area contributed by atoms with Gasteiger partial charge in [0.2, 0.25) is 5.75 Å². The van der Waals surface area contributed by atoms with Crippen molar-refractivity contribution < 1.29 is 29.6 Å². The van der Waals surface area contributed by atoms with Crippen LogP contribution in [0.15, 0.2) is 21.3 Å². The SMILES string of the molecule is O=C1Cc2c(O)c(O)cc3c(=O)oc4c(O)c(O)cc1c4c23. The molecule has 1 aliphatic rings. The summed E-state index contributed by atoms with van der Waals surface area (Å²) in [7, 11) is 0. The Hall–Kier alpha value is -3.22. The highest BCUT2D eigenvalue weighted by molar-refractivity contribution is 6.23. The van der Waals surface area contributed by atoms with Crippen molar-refractivity contribution in [3.8, 4) is 23.0 Å². The first-order chi connectivity index (χ1) is 10.4.